The van der Waals surface area contributed by atoms with Gasteiger partial charge in [0.25, 0.3) is 5.91 Å². The van der Waals surface area contributed by atoms with Crippen LogP contribution in [0.2, 0.25) is 5.02 Å². The first-order chi connectivity index (χ1) is 12.7. The predicted octanol–water partition coefficient (Wildman–Crippen LogP) is 3.29. The molecule has 2 aromatic carbocycles. The van der Waals surface area contributed by atoms with Crippen LogP contribution in [0.5, 0.6) is 5.75 Å². The second kappa shape index (κ2) is 8.46. The Kier molecular flexibility index (Phi) is 5.83. The number of amides is 1. The molecule has 134 valence electrons. The van der Waals surface area contributed by atoms with E-state index in [0.29, 0.717) is 16.6 Å². The van der Waals surface area contributed by atoms with Crippen LogP contribution < -0.4 is 10.1 Å². The third kappa shape index (κ3) is 4.38. The first-order valence-corrected chi connectivity index (χ1v) is 8.22. The van der Waals surface area contributed by atoms with Crippen molar-refractivity contribution in [1.82, 2.24) is 15.2 Å². The van der Waals surface area contributed by atoms with Gasteiger partial charge in [-0.1, -0.05) is 41.9 Å². The maximum absolute atomic E-state index is 12.0. The van der Waals surface area contributed by atoms with Gasteiger partial charge in [0.05, 0.1) is 19.3 Å². The van der Waals surface area contributed by atoms with Crippen LogP contribution in [0.4, 0.5) is 5.95 Å². The standard InChI is InChI=1S/C18H17ClN4O3/c1-25-15-9-5-3-7-13(15)17-21-18(23-22-17)20-16(24)11-26-10-12-6-2-4-8-14(12)19/h2-9H,10-11H2,1H3,(H2,20,21,22,23,24). The molecular weight excluding hydrogens is 356 g/mol. The minimum Gasteiger partial charge on any atom is -0.496 e. The summed E-state index contributed by atoms with van der Waals surface area (Å²) in [5, 5.41) is 9.95. The van der Waals surface area contributed by atoms with Crippen LogP contribution in [0.25, 0.3) is 11.4 Å². The van der Waals surface area contributed by atoms with Gasteiger partial charge in [-0.15, -0.1) is 5.10 Å². The third-order valence-corrected chi connectivity index (χ3v) is 3.92. The van der Waals surface area contributed by atoms with Crippen LogP contribution in [-0.2, 0) is 16.1 Å². The number of hydrogen-bond acceptors (Lipinski definition) is 5. The molecule has 0 aliphatic carbocycles. The summed E-state index contributed by atoms with van der Waals surface area (Å²) in [5.74, 6) is 0.958. The number of methoxy groups -OCH3 is 1. The maximum atomic E-state index is 12.0. The van der Waals surface area contributed by atoms with Crippen LogP contribution in [0.3, 0.4) is 0 Å². The maximum Gasteiger partial charge on any atom is 0.252 e. The number of nitrogens with one attached hydrogen (secondary N) is 2. The van der Waals surface area contributed by atoms with Gasteiger partial charge in [0.2, 0.25) is 5.95 Å². The normalized spacial score (nSPS) is 10.5. The Hall–Kier alpha value is -2.90. The summed E-state index contributed by atoms with van der Waals surface area (Å²) in [6, 6.07) is 14.7. The number of hydrogen-bond donors (Lipinski definition) is 2. The number of halogens is 1. The number of anilines is 1. The molecule has 8 heteroatoms. The highest BCUT2D eigenvalue weighted by Crippen LogP contribution is 2.27. The predicted molar refractivity (Wildman–Crippen MR) is 98.1 cm³/mol. The number of benzene rings is 2. The molecule has 0 aliphatic rings. The van der Waals surface area contributed by atoms with Gasteiger partial charge in [0.1, 0.15) is 12.4 Å². The smallest absolute Gasteiger partial charge is 0.252 e. The number of aromatic nitrogens is 3. The van der Waals surface area contributed by atoms with E-state index in [0.717, 1.165) is 11.1 Å². The SMILES string of the molecule is COc1ccccc1-c1nc(NC(=O)COCc2ccccc2Cl)n[nH]1. The van der Waals surface area contributed by atoms with Crippen LogP contribution in [0.1, 0.15) is 5.56 Å². The van der Waals surface area contributed by atoms with Gasteiger partial charge in [-0.3, -0.25) is 15.2 Å². The summed E-state index contributed by atoms with van der Waals surface area (Å²) in [4.78, 5) is 16.2. The Bertz CT molecular complexity index is 897. The largest absolute Gasteiger partial charge is 0.496 e. The molecule has 0 radical (unpaired) electrons. The van der Waals surface area contributed by atoms with E-state index in [1.165, 1.54) is 0 Å². The number of aromatic amines is 1. The average molecular weight is 373 g/mol. The molecule has 1 aromatic heterocycles. The molecule has 3 aromatic rings. The minimum absolute atomic E-state index is 0.135. The van der Waals surface area contributed by atoms with Gasteiger partial charge in [-0.05, 0) is 23.8 Å². The zero-order valence-electron chi connectivity index (χ0n) is 14.0. The molecule has 0 atom stereocenters. The van der Waals surface area contributed by atoms with E-state index in [4.69, 9.17) is 21.1 Å². The second-order valence-corrected chi connectivity index (χ2v) is 5.75. The zero-order valence-corrected chi connectivity index (χ0v) is 14.8. The number of para-hydroxylation sites is 1. The van der Waals surface area contributed by atoms with Gasteiger partial charge in [-0.2, -0.15) is 4.98 Å². The minimum atomic E-state index is -0.359. The molecule has 26 heavy (non-hydrogen) atoms. The number of ether oxygens (including phenoxy) is 2. The van der Waals surface area contributed by atoms with Gasteiger partial charge in [0, 0.05) is 5.02 Å². The van der Waals surface area contributed by atoms with Crippen LogP contribution in [0.15, 0.2) is 48.5 Å². The van der Waals surface area contributed by atoms with Crippen molar-refractivity contribution in [2.24, 2.45) is 0 Å². The summed E-state index contributed by atoms with van der Waals surface area (Å²) < 4.78 is 10.7. The molecule has 7 nitrogen and oxygen atoms in total. The number of H-pyrrole nitrogens is 1. The van der Waals surface area contributed by atoms with E-state index in [1.807, 2.05) is 42.5 Å². The molecule has 3 rings (SSSR count). The highest BCUT2D eigenvalue weighted by atomic mass is 35.5. The lowest BCUT2D eigenvalue weighted by Gasteiger charge is -2.05. The van der Waals surface area contributed by atoms with Crippen molar-refractivity contribution in [1.29, 1.82) is 0 Å². The lowest BCUT2D eigenvalue weighted by Crippen LogP contribution is -2.19. The molecule has 1 amide bonds. The molecule has 0 fully saturated rings. The van der Waals surface area contributed by atoms with Gasteiger partial charge in [-0.25, -0.2) is 0 Å². The lowest BCUT2D eigenvalue weighted by molar-refractivity contribution is -0.121. The number of nitrogens with zero attached hydrogens (tertiary/aromatic N) is 2. The van der Waals surface area contributed by atoms with Crippen molar-refractivity contribution in [3.05, 3.63) is 59.1 Å². The molecule has 0 unspecified atom stereocenters. The van der Waals surface area contributed by atoms with E-state index >= 15 is 0 Å². The van der Waals surface area contributed by atoms with E-state index in [-0.39, 0.29) is 25.1 Å². The molecular formula is C18H17ClN4O3. The summed E-state index contributed by atoms with van der Waals surface area (Å²) in [7, 11) is 1.58. The molecule has 0 spiro atoms. The van der Waals surface area contributed by atoms with Crippen molar-refractivity contribution in [2.75, 3.05) is 19.0 Å². The van der Waals surface area contributed by atoms with E-state index in [9.17, 15) is 4.79 Å². The Labute approximate surface area is 155 Å². The fourth-order valence-corrected chi connectivity index (χ4v) is 2.50. The lowest BCUT2D eigenvalue weighted by atomic mass is 10.2. The van der Waals surface area contributed by atoms with Crippen molar-refractivity contribution in [3.8, 4) is 17.1 Å². The number of carbonyl (C=O) groups excluding carboxylic acids is 1. The second-order valence-electron chi connectivity index (χ2n) is 5.34. The van der Waals surface area contributed by atoms with Gasteiger partial charge >= 0.3 is 0 Å². The van der Waals surface area contributed by atoms with Crippen molar-refractivity contribution in [2.45, 2.75) is 6.61 Å². The average Bonchev–Trinajstić information content (AvgIpc) is 3.11. The molecule has 0 saturated carbocycles. The van der Waals surface area contributed by atoms with E-state index < -0.39 is 0 Å². The molecule has 0 saturated heterocycles. The Morgan fingerprint density at radius 2 is 1.96 bits per heavy atom. The topological polar surface area (TPSA) is 89.1 Å². The summed E-state index contributed by atoms with van der Waals surface area (Å²) in [5.41, 5.74) is 1.57. The Balaban J connectivity index is 1.55. The van der Waals surface area contributed by atoms with Crippen LogP contribution in [0, 0.1) is 0 Å². The fraction of sp³-hybridized carbons (Fsp3) is 0.167. The quantitative estimate of drug-likeness (QED) is 0.664. The van der Waals surface area contributed by atoms with E-state index in [1.54, 1.807) is 13.2 Å². The third-order valence-electron chi connectivity index (χ3n) is 3.55. The number of rotatable bonds is 7. The number of carbonyl (C=O) groups is 1. The molecule has 1 heterocycles. The Morgan fingerprint density at radius 3 is 2.77 bits per heavy atom. The Morgan fingerprint density at radius 1 is 1.19 bits per heavy atom. The summed E-state index contributed by atoms with van der Waals surface area (Å²) in [6.07, 6.45) is 0. The van der Waals surface area contributed by atoms with Crippen LogP contribution in [-0.4, -0.2) is 34.8 Å². The molecule has 0 bridgehead atoms. The molecule has 0 aliphatic heterocycles. The van der Waals surface area contributed by atoms with Crippen molar-refractivity contribution < 1.29 is 14.3 Å². The first-order valence-electron chi connectivity index (χ1n) is 7.84. The van der Waals surface area contributed by atoms with Crippen molar-refractivity contribution >= 4 is 23.5 Å². The van der Waals surface area contributed by atoms with Gasteiger partial charge < -0.3 is 9.47 Å². The first kappa shape index (κ1) is 17.9. The monoisotopic (exact) mass is 372 g/mol. The fourth-order valence-electron chi connectivity index (χ4n) is 2.31. The molecule has 2 N–H and O–H groups in total. The highest BCUT2D eigenvalue weighted by molar-refractivity contribution is 6.31. The van der Waals surface area contributed by atoms with E-state index in [2.05, 4.69) is 20.5 Å². The summed E-state index contributed by atoms with van der Waals surface area (Å²) >= 11 is 6.04. The zero-order chi connectivity index (χ0) is 18.4. The highest BCUT2D eigenvalue weighted by Gasteiger charge is 2.12. The van der Waals surface area contributed by atoms with Gasteiger partial charge in [0.15, 0.2) is 5.82 Å². The van der Waals surface area contributed by atoms with Crippen LogP contribution >= 0.6 is 11.6 Å². The van der Waals surface area contributed by atoms with Crippen molar-refractivity contribution in [3.63, 3.8) is 0 Å². The summed E-state index contributed by atoms with van der Waals surface area (Å²) in [6.45, 7) is 0.108.